The summed E-state index contributed by atoms with van der Waals surface area (Å²) < 4.78 is 0. The van der Waals surface area contributed by atoms with E-state index in [1.165, 1.54) is 12.1 Å². The van der Waals surface area contributed by atoms with Gasteiger partial charge >= 0.3 is 0 Å². The van der Waals surface area contributed by atoms with Crippen LogP contribution in [-0.2, 0) is 0 Å². The summed E-state index contributed by atoms with van der Waals surface area (Å²) in [5.74, 6) is 0.0384. The Bertz CT molecular complexity index is 284. The Morgan fingerprint density at radius 1 is 1.38 bits per heavy atom. The van der Waals surface area contributed by atoms with Crippen LogP contribution in [0.2, 0.25) is 0 Å². The molecule has 1 rings (SSSR count). The summed E-state index contributed by atoms with van der Waals surface area (Å²) in [7, 11) is 0. The lowest BCUT2D eigenvalue weighted by Gasteiger charge is -2.02. The Kier molecular flexibility index (Phi) is 3.76. The molecule has 0 aromatic heterocycles. The SMILES string of the molecule is O=C(NCCBr)c1ccc(O)cc1. The second-order valence-electron chi connectivity index (χ2n) is 2.49. The lowest BCUT2D eigenvalue weighted by atomic mass is 10.2. The van der Waals surface area contributed by atoms with E-state index in [1.807, 2.05) is 0 Å². The Labute approximate surface area is 84.9 Å². The molecule has 0 saturated carbocycles. The molecule has 0 atom stereocenters. The van der Waals surface area contributed by atoms with Crippen LogP contribution in [0.5, 0.6) is 5.75 Å². The van der Waals surface area contributed by atoms with E-state index < -0.39 is 0 Å². The minimum Gasteiger partial charge on any atom is -0.508 e. The average molecular weight is 244 g/mol. The molecule has 0 aliphatic heterocycles. The third kappa shape index (κ3) is 3.06. The summed E-state index contributed by atoms with van der Waals surface area (Å²) >= 11 is 3.21. The molecular weight excluding hydrogens is 234 g/mol. The zero-order valence-electron chi connectivity index (χ0n) is 6.96. The average Bonchev–Trinajstić information content (AvgIpc) is 2.15. The molecule has 1 aromatic rings. The lowest BCUT2D eigenvalue weighted by Crippen LogP contribution is -2.24. The maximum Gasteiger partial charge on any atom is 0.251 e. The fourth-order valence-electron chi connectivity index (χ4n) is 0.876. The van der Waals surface area contributed by atoms with E-state index in [0.717, 1.165) is 5.33 Å². The van der Waals surface area contributed by atoms with Crippen LogP contribution >= 0.6 is 15.9 Å². The van der Waals surface area contributed by atoms with Crippen molar-refractivity contribution in [1.29, 1.82) is 0 Å². The minimum absolute atomic E-state index is 0.126. The van der Waals surface area contributed by atoms with Crippen molar-refractivity contribution in [2.75, 3.05) is 11.9 Å². The third-order valence-corrected chi connectivity index (χ3v) is 1.91. The van der Waals surface area contributed by atoms with Crippen molar-refractivity contribution in [3.8, 4) is 5.75 Å². The van der Waals surface area contributed by atoms with Gasteiger partial charge in [-0.05, 0) is 24.3 Å². The van der Waals surface area contributed by atoms with Gasteiger partial charge in [-0.25, -0.2) is 0 Å². The molecule has 1 amide bonds. The molecule has 0 bridgehead atoms. The monoisotopic (exact) mass is 243 g/mol. The number of alkyl halides is 1. The topological polar surface area (TPSA) is 49.3 Å². The molecule has 0 heterocycles. The fourth-order valence-corrected chi connectivity index (χ4v) is 1.07. The smallest absolute Gasteiger partial charge is 0.251 e. The van der Waals surface area contributed by atoms with Crippen LogP contribution in [0, 0.1) is 0 Å². The molecule has 2 N–H and O–H groups in total. The van der Waals surface area contributed by atoms with E-state index in [1.54, 1.807) is 12.1 Å². The molecule has 0 radical (unpaired) electrons. The highest BCUT2D eigenvalue weighted by Crippen LogP contribution is 2.09. The predicted octanol–water partition coefficient (Wildman–Crippen LogP) is 1.52. The number of carbonyl (C=O) groups excluding carboxylic acids is 1. The Hall–Kier alpha value is -1.03. The van der Waals surface area contributed by atoms with E-state index >= 15 is 0 Å². The van der Waals surface area contributed by atoms with Gasteiger partial charge in [-0.15, -0.1) is 0 Å². The molecule has 0 aliphatic rings. The number of hydrogen-bond donors (Lipinski definition) is 2. The number of nitrogens with one attached hydrogen (secondary N) is 1. The van der Waals surface area contributed by atoms with E-state index in [9.17, 15) is 4.79 Å². The van der Waals surface area contributed by atoms with Crippen molar-refractivity contribution in [1.82, 2.24) is 5.32 Å². The molecule has 0 spiro atoms. The van der Waals surface area contributed by atoms with Crippen molar-refractivity contribution in [3.05, 3.63) is 29.8 Å². The van der Waals surface area contributed by atoms with Gasteiger partial charge in [-0.1, -0.05) is 15.9 Å². The Morgan fingerprint density at radius 2 is 2.00 bits per heavy atom. The summed E-state index contributed by atoms with van der Waals surface area (Å²) in [4.78, 5) is 11.3. The zero-order chi connectivity index (χ0) is 9.68. The van der Waals surface area contributed by atoms with Gasteiger partial charge in [0.15, 0.2) is 0 Å². The van der Waals surface area contributed by atoms with Crippen molar-refractivity contribution in [2.24, 2.45) is 0 Å². The number of phenolic OH excluding ortho intramolecular Hbond substituents is 1. The summed E-state index contributed by atoms with van der Waals surface area (Å²) in [6.45, 7) is 0.597. The number of rotatable bonds is 3. The lowest BCUT2D eigenvalue weighted by molar-refractivity contribution is 0.0956. The van der Waals surface area contributed by atoms with Gasteiger partial charge in [0, 0.05) is 17.4 Å². The first-order valence-corrected chi connectivity index (χ1v) is 4.99. The van der Waals surface area contributed by atoms with Crippen molar-refractivity contribution in [2.45, 2.75) is 0 Å². The molecule has 0 unspecified atom stereocenters. The highest BCUT2D eigenvalue weighted by Gasteiger charge is 2.02. The Morgan fingerprint density at radius 3 is 2.54 bits per heavy atom. The largest absolute Gasteiger partial charge is 0.508 e. The second-order valence-corrected chi connectivity index (χ2v) is 3.28. The molecule has 4 heteroatoms. The molecule has 0 saturated heterocycles. The molecule has 13 heavy (non-hydrogen) atoms. The molecular formula is C9H10BrNO2. The van der Waals surface area contributed by atoms with Crippen LogP contribution in [0.4, 0.5) is 0 Å². The quantitative estimate of drug-likeness (QED) is 0.792. The van der Waals surface area contributed by atoms with Crippen LogP contribution in [0.25, 0.3) is 0 Å². The van der Waals surface area contributed by atoms with Gasteiger partial charge in [0.2, 0.25) is 0 Å². The normalized spacial score (nSPS) is 9.62. The number of aromatic hydroxyl groups is 1. The number of amides is 1. The first-order chi connectivity index (χ1) is 6.24. The van der Waals surface area contributed by atoms with Crippen LogP contribution in [0.15, 0.2) is 24.3 Å². The highest BCUT2D eigenvalue weighted by molar-refractivity contribution is 9.09. The van der Waals surface area contributed by atoms with E-state index in [-0.39, 0.29) is 11.7 Å². The number of hydrogen-bond acceptors (Lipinski definition) is 2. The molecule has 70 valence electrons. The van der Waals surface area contributed by atoms with Gasteiger partial charge in [0.05, 0.1) is 0 Å². The number of carbonyl (C=O) groups is 1. The Balaban J connectivity index is 2.61. The van der Waals surface area contributed by atoms with Crippen LogP contribution in [0.1, 0.15) is 10.4 Å². The maximum absolute atomic E-state index is 11.3. The summed E-state index contributed by atoms with van der Waals surface area (Å²) in [6, 6.07) is 6.14. The predicted molar refractivity (Wildman–Crippen MR) is 54.2 cm³/mol. The summed E-state index contributed by atoms with van der Waals surface area (Å²) in [5.41, 5.74) is 0.554. The summed E-state index contributed by atoms with van der Waals surface area (Å²) in [6.07, 6.45) is 0. The maximum atomic E-state index is 11.3. The molecule has 0 fully saturated rings. The minimum atomic E-state index is -0.126. The van der Waals surface area contributed by atoms with Crippen LogP contribution in [0.3, 0.4) is 0 Å². The third-order valence-electron chi connectivity index (χ3n) is 1.51. The molecule has 0 aliphatic carbocycles. The van der Waals surface area contributed by atoms with Gasteiger partial charge in [-0.3, -0.25) is 4.79 Å². The highest BCUT2D eigenvalue weighted by atomic mass is 79.9. The van der Waals surface area contributed by atoms with Gasteiger partial charge in [0.1, 0.15) is 5.75 Å². The number of benzene rings is 1. The molecule has 1 aromatic carbocycles. The number of halogens is 1. The van der Waals surface area contributed by atoms with Crippen LogP contribution in [-0.4, -0.2) is 22.9 Å². The first-order valence-electron chi connectivity index (χ1n) is 3.87. The number of phenols is 1. The van der Waals surface area contributed by atoms with E-state index in [2.05, 4.69) is 21.2 Å². The van der Waals surface area contributed by atoms with Gasteiger partial charge < -0.3 is 10.4 Å². The molecule has 3 nitrogen and oxygen atoms in total. The van der Waals surface area contributed by atoms with Crippen molar-refractivity contribution in [3.63, 3.8) is 0 Å². The van der Waals surface area contributed by atoms with E-state index in [4.69, 9.17) is 5.11 Å². The first kappa shape index (κ1) is 10.1. The fraction of sp³-hybridized carbons (Fsp3) is 0.222. The van der Waals surface area contributed by atoms with Crippen molar-refractivity contribution >= 4 is 21.8 Å². The van der Waals surface area contributed by atoms with Gasteiger partial charge in [-0.2, -0.15) is 0 Å². The van der Waals surface area contributed by atoms with Crippen LogP contribution < -0.4 is 5.32 Å². The van der Waals surface area contributed by atoms with E-state index in [0.29, 0.717) is 12.1 Å². The second kappa shape index (κ2) is 4.87. The zero-order valence-corrected chi connectivity index (χ0v) is 8.54. The van der Waals surface area contributed by atoms with Crippen molar-refractivity contribution < 1.29 is 9.90 Å². The van der Waals surface area contributed by atoms with Gasteiger partial charge in [0.25, 0.3) is 5.91 Å². The standard InChI is InChI=1S/C9H10BrNO2/c10-5-6-11-9(13)7-1-3-8(12)4-2-7/h1-4,12H,5-6H2,(H,11,13). The summed E-state index contributed by atoms with van der Waals surface area (Å²) in [5, 5.41) is 12.4.